The van der Waals surface area contributed by atoms with Crippen molar-refractivity contribution in [1.82, 2.24) is 0 Å². The van der Waals surface area contributed by atoms with Crippen LogP contribution >= 0.6 is 17.2 Å². The Kier molecular flexibility index (Phi) is 9.12. The van der Waals surface area contributed by atoms with E-state index < -0.39 is 5.96 Å². The average Bonchev–Trinajstić information content (AvgIpc) is 2.43. The Hall–Kier alpha value is -0.0700. The summed E-state index contributed by atoms with van der Waals surface area (Å²) in [5.41, 5.74) is 0.456. The minimum absolute atomic E-state index is 0.134. The van der Waals surface area contributed by atoms with Crippen molar-refractivity contribution < 1.29 is 9.53 Å². The zero-order chi connectivity index (χ0) is 16.5. The van der Waals surface area contributed by atoms with Crippen molar-refractivity contribution in [3.05, 3.63) is 12.2 Å². The van der Waals surface area contributed by atoms with Crippen molar-refractivity contribution in [3.63, 3.8) is 0 Å². The third-order valence-corrected chi connectivity index (χ3v) is 10.8. The first-order valence-electron chi connectivity index (χ1n) is 8.28. The number of ether oxygens (including phenoxy) is 1. The summed E-state index contributed by atoms with van der Waals surface area (Å²) in [6.45, 7) is 14.1. The molecule has 0 heterocycles. The first kappa shape index (κ1) is 20.9. The van der Waals surface area contributed by atoms with Gasteiger partial charge in [-0.1, -0.05) is 0 Å². The van der Waals surface area contributed by atoms with Gasteiger partial charge in [0.05, 0.1) is 0 Å². The molecule has 0 spiro atoms. The number of carbonyl (C=O) groups is 1. The molecule has 0 aliphatic heterocycles. The summed E-state index contributed by atoms with van der Waals surface area (Å²) in [6.07, 6.45) is 8.28. The molecule has 2 nitrogen and oxygen atoms in total. The number of carbonyl (C=O) groups excluding carboxylic acids is 1. The topological polar surface area (TPSA) is 26.3 Å². The van der Waals surface area contributed by atoms with Gasteiger partial charge in [-0.05, 0) is 0 Å². The third kappa shape index (κ3) is 6.70. The monoisotopic (exact) mass is 336 g/mol. The van der Waals surface area contributed by atoms with Crippen LogP contribution in [-0.4, -0.2) is 30.8 Å². The van der Waals surface area contributed by atoms with Crippen molar-refractivity contribution >= 4 is 23.2 Å². The van der Waals surface area contributed by atoms with E-state index in [9.17, 15) is 4.79 Å². The Morgan fingerprint density at radius 1 is 1.14 bits per heavy atom. The molecule has 1 atom stereocenters. The van der Waals surface area contributed by atoms with E-state index in [1.165, 1.54) is 0 Å². The molecule has 0 saturated heterocycles. The molecule has 1 unspecified atom stereocenters. The number of hydrogen-bond donors (Lipinski definition) is 0. The minimum atomic E-state index is -2.55. The Labute approximate surface area is 136 Å². The van der Waals surface area contributed by atoms with Crippen LogP contribution in [0.15, 0.2) is 12.2 Å². The first-order valence-corrected chi connectivity index (χ1v) is 12.3. The quantitative estimate of drug-likeness (QED) is 0.256. The molecule has 0 bridgehead atoms. The van der Waals surface area contributed by atoms with Crippen LogP contribution in [0.25, 0.3) is 0 Å². The second-order valence-electron chi connectivity index (χ2n) is 6.57. The molecule has 0 radical (unpaired) electrons. The molecule has 0 aromatic rings. The van der Waals surface area contributed by atoms with Crippen molar-refractivity contribution in [1.29, 1.82) is 0 Å². The second kappa shape index (κ2) is 9.16. The van der Waals surface area contributed by atoms with Crippen molar-refractivity contribution in [2.45, 2.75) is 72.1 Å². The van der Waals surface area contributed by atoms with Crippen LogP contribution in [0.5, 0.6) is 0 Å². The van der Waals surface area contributed by atoms with E-state index in [-0.39, 0.29) is 11.8 Å². The summed E-state index contributed by atoms with van der Waals surface area (Å²) in [4.78, 5) is 12.0. The van der Waals surface area contributed by atoms with E-state index in [1.54, 1.807) is 6.92 Å². The summed E-state index contributed by atoms with van der Waals surface area (Å²) in [5.74, 6) is -2.98. The average molecular weight is 337 g/mol. The van der Waals surface area contributed by atoms with Gasteiger partial charge in [0.25, 0.3) is 0 Å². The van der Waals surface area contributed by atoms with Crippen LogP contribution in [0.1, 0.15) is 66.2 Å². The van der Waals surface area contributed by atoms with Crippen LogP contribution < -0.4 is 0 Å². The molecule has 0 aromatic carbocycles. The van der Waals surface area contributed by atoms with E-state index in [1.807, 2.05) is 0 Å². The zero-order valence-corrected chi connectivity index (χ0v) is 16.2. The predicted molar refractivity (Wildman–Crippen MR) is 97.8 cm³/mol. The molecule has 4 heteroatoms. The van der Waals surface area contributed by atoms with Gasteiger partial charge in [-0.25, -0.2) is 0 Å². The summed E-state index contributed by atoms with van der Waals surface area (Å²) in [5, 5.41) is 0. The molecule has 0 N–H and O–H groups in total. The van der Waals surface area contributed by atoms with E-state index in [4.69, 9.17) is 16.0 Å². The maximum atomic E-state index is 12.0. The Bertz CT molecular complexity index is 341. The molecule has 0 saturated carbocycles. The zero-order valence-electron chi connectivity index (χ0n) is 14.6. The Balaban J connectivity index is 5.34. The maximum absolute atomic E-state index is 12.0. The van der Waals surface area contributed by atoms with E-state index in [2.05, 4.69) is 34.0 Å². The number of unbranched alkanes of at least 4 members (excludes halogenated alkanes) is 2. The Morgan fingerprint density at radius 3 is 1.95 bits per heavy atom. The molecule has 0 amide bonds. The van der Waals surface area contributed by atoms with E-state index in [0.29, 0.717) is 5.57 Å². The third-order valence-electron chi connectivity index (χ3n) is 4.15. The van der Waals surface area contributed by atoms with Crippen molar-refractivity contribution in [2.24, 2.45) is 0 Å². The molecule has 0 rings (SSSR count). The van der Waals surface area contributed by atoms with E-state index >= 15 is 0 Å². The van der Waals surface area contributed by atoms with Crippen LogP contribution in [0.2, 0.25) is 0 Å². The summed E-state index contributed by atoms with van der Waals surface area (Å²) < 4.78 is 5.80. The van der Waals surface area contributed by atoms with Gasteiger partial charge in [0.15, 0.2) is 0 Å². The number of halogens is 1. The Morgan fingerprint density at radius 2 is 1.62 bits per heavy atom. The second-order valence-corrected chi connectivity index (χ2v) is 15.0. The number of esters is 1. The van der Waals surface area contributed by atoms with Gasteiger partial charge in [-0.3, -0.25) is 0 Å². The molecule has 21 heavy (non-hydrogen) atoms. The van der Waals surface area contributed by atoms with E-state index in [0.717, 1.165) is 50.8 Å². The molecule has 126 valence electrons. The summed E-state index contributed by atoms with van der Waals surface area (Å²) >= 11 is 7.27. The van der Waals surface area contributed by atoms with Gasteiger partial charge >= 0.3 is 136 Å². The molecule has 0 aliphatic carbocycles. The normalized spacial score (nSPS) is 15.0. The molecular formula is C17H34ClO2P. The van der Waals surface area contributed by atoms with Crippen molar-refractivity contribution in [2.75, 3.05) is 19.0 Å². The van der Waals surface area contributed by atoms with Gasteiger partial charge in [0.2, 0.25) is 0 Å². The number of rotatable bonds is 11. The summed E-state index contributed by atoms with van der Waals surface area (Å²) in [6, 6.07) is 0. The fraction of sp³-hybridized carbons (Fsp3) is 0.824. The molecule has 0 fully saturated rings. The van der Waals surface area contributed by atoms with Crippen LogP contribution in [0.3, 0.4) is 0 Å². The summed E-state index contributed by atoms with van der Waals surface area (Å²) in [7, 11) is 0. The van der Waals surface area contributed by atoms with Crippen molar-refractivity contribution in [3.8, 4) is 0 Å². The standard InChI is InChI=1S/C17H34ClO2P/c1-7-10-13-21(6,18,14-11-8-2)16(12-9-3)20-17(19)15(4)5/h16H,4,7-14H2,1-3,5-6H3. The van der Waals surface area contributed by atoms with Gasteiger partial charge < -0.3 is 0 Å². The first-order chi connectivity index (χ1) is 9.70. The number of hydrogen-bond acceptors (Lipinski definition) is 2. The molecule has 0 aliphatic rings. The SMILES string of the molecule is C=C(C)C(=O)OC(CCC)P(C)(Cl)(CCCC)CCCC. The fourth-order valence-corrected chi connectivity index (χ4v) is 8.21. The van der Waals surface area contributed by atoms with Gasteiger partial charge in [0, 0.05) is 0 Å². The van der Waals surface area contributed by atoms with Gasteiger partial charge in [-0.15, -0.1) is 0 Å². The van der Waals surface area contributed by atoms with Gasteiger partial charge in [-0.2, -0.15) is 0 Å². The molecule has 0 aromatic heterocycles. The van der Waals surface area contributed by atoms with Crippen LogP contribution in [0, 0.1) is 0 Å². The fourth-order valence-electron chi connectivity index (χ4n) is 2.60. The molecular weight excluding hydrogens is 303 g/mol. The van der Waals surface area contributed by atoms with Crippen LogP contribution in [-0.2, 0) is 9.53 Å². The predicted octanol–water partition coefficient (Wildman–Crippen LogP) is 6.17. The van der Waals surface area contributed by atoms with Crippen LogP contribution in [0.4, 0.5) is 0 Å². The van der Waals surface area contributed by atoms with Gasteiger partial charge in [0.1, 0.15) is 0 Å².